The van der Waals surface area contributed by atoms with Gasteiger partial charge in [0.2, 0.25) is 5.91 Å². The van der Waals surface area contributed by atoms with Crippen molar-refractivity contribution >= 4 is 11.6 Å². The summed E-state index contributed by atoms with van der Waals surface area (Å²) >= 11 is 0. The monoisotopic (exact) mass is 288 g/mol. The zero-order valence-electron chi connectivity index (χ0n) is 12.6. The van der Waals surface area contributed by atoms with Gasteiger partial charge in [-0.1, -0.05) is 25.0 Å². The van der Waals surface area contributed by atoms with Gasteiger partial charge >= 0.3 is 0 Å². The summed E-state index contributed by atoms with van der Waals surface area (Å²) in [6.45, 7) is 1.83. The van der Waals surface area contributed by atoms with Crippen LogP contribution < -0.4 is 10.6 Å². The quantitative estimate of drug-likeness (QED) is 0.733. The minimum absolute atomic E-state index is 0.0278. The molecular formula is C17H24N2O2. The highest BCUT2D eigenvalue weighted by Gasteiger charge is 2.34. The van der Waals surface area contributed by atoms with Crippen LogP contribution in [0.1, 0.15) is 44.1 Å². The number of fused-ring (bicyclic) bond motifs is 1. The summed E-state index contributed by atoms with van der Waals surface area (Å²) in [5.74, 6) is 0.882. The second kappa shape index (κ2) is 6.06. The molecule has 1 saturated heterocycles. The van der Waals surface area contributed by atoms with Crippen molar-refractivity contribution in [2.24, 2.45) is 5.92 Å². The third kappa shape index (κ3) is 3.05. The molecule has 3 unspecified atom stereocenters. The van der Waals surface area contributed by atoms with E-state index in [2.05, 4.69) is 10.6 Å². The van der Waals surface area contributed by atoms with Gasteiger partial charge in [-0.3, -0.25) is 4.79 Å². The second-order valence-electron chi connectivity index (χ2n) is 6.41. The lowest BCUT2D eigenvalue weighted by molar-refractivity contribution is -0.119. The zero-order chi connectivity index (χ0) is 14.8. The highest BCUT2D eigenvalue weighted by atomic mass is 16.3. The van der Waals surface area contributed by atoms with E-state index in [1.807, 2.05) is 19.1 Å². The van der Waals surface area contributed by atoms with Gasteiger partial charge in [0.15, 0.2) is 0 Å². The molecule has 1 saturated carbocycles. The van der Waals surface area contributed by atoms with E-state index in [4.69, 9.17) is 0 Å². The summed E-state index contributed by atoms with van der Waals surface area (Å²) in [4.78, 5) is 12.4. The molecule has 4 nitrogen and oxygen atoms in total. The standard InChI is InChI=1S/C17H24N2O2/c1-11-5-4-8-14(16(11)20)19-17(21)15-10-9-12-6-2-3-7-13(12)18-15/h4-5,8,12-13,15,18,20H,2-3,6-7,9-10H2,1H3,(H,19,21). The minimum atomic E-state index is -0.135. The van der Waals surface area contributed by atoms with Crippen LogP contribution in [0, 0.1) is 12.8 Å². The Morgan fingerprint density at radius 2 is 2.05 bits per heavy atom. The number of carbonyl (C=O) groups excluding carboxylic acids is 1. The fraction of sp³-hybridized carbons (Fsp3) is 0.588. The Morgan fingerprint density at radius 3 is 2.90 bits per heavy atom. The highest BCUT2D eigenvalue weighted by molar-refractivity contribution is 5.96. The fourth-order valence-electron chi connectivity index (χ4n) is 3.68. The molecule has 2 fully saturated rings. The van der Waals surface area contributed by atoms with E-state index in [1.54, 1.807) is 6.07 Å². The fourth-order valence-corrected chi connectivity index (χ4v) is 3.68. The number of aromatic hydroxyl groups is 1. The minimum Gasteiger partial charge on any atom is -0.505 e. The number of nitrogens with one attached hydrogen (secondary N) is 2. The van der Waals surface area contributed by atoms with Gasteiger partial charge < -0.3 is 15.7 Å². The van der Waals surface area contributed by atoms with Crippen molar-refractivity contribution in [3.05, 3.63) is 23.8 Å². The van der Waals surface area contributed by atoms with E-state index in [1.165, 1.54) is 25.7 Å². The number of hydrogen-bond donors (Lipinski definition) is 3. The van der Waals surface area contributed by atoms with E-state index in [9.17, 15) is 9.90 Å². The summed E-state index contributed by atoms with van der Waals surface area (Å²) < 4.78 is 0. The number of hydrogen-bond acceptors (Lipinski definition) is 3. The molecule has 2 aliphatic rings. The average Bonchev–Trinajstić information content (AvgIpc) is 2.51. The Balaban J connectivity index is 1.64. The molecule has 1 aliphatic heterocycles. The summed E-state index contributed by atoms with van der Waals surface area (Å²) in [5.41, 5.74) is 1.28. The van der Waals surface area contributed by atoms with Crippen LogP contribution in [0.25, 0.3) is 0 Å². The van der Waals surface area contributed by atoms with Crippen LogP contribution in [0.15, 0.2) is 18.2 Å². The van der Waals surface area contributed by atoms with Crippen LogP contribution in [-0.2, 0) is 4.79 Å². The van der Waals surface area contributed by atoms with Crippen LogP contribution in [0.2, 0.25) is 0 Å². The molecular weight excluding hydrogens is 264 g/mol. The summed E-state index contributed by atoms with van der Waals surface area (Å²) in [5, 5.41) is 16.4. The van der Waals surface area contributed by atoms with E-state index >= 15 is 0 Å². The molecule has 1 heterocycles. The lowest BCUT2D eigenvalue weighted by Crippen LogP contribution is -2.53. The summed E-state index contributed by atoms with van der Waals surface area (Å²) in [6.07, 6.45) is 7.10. The molecule has 4 heteroatoms. The van der Waals surface area contributed by atoms with Gasteiger partial charge in [0.05, 0.1) is 11.7 Å². The van der Waals surface area contributed by atoms with Gasteiger partial charge in [-0.15, -0.1) is 0 Å². The molecule has 3 atom stereocenters. The Hall–Kier alpha value is -1.55. The molecule has 0 aromatic heterocycles. The summed E-state index contributed by atoms with van der Waals surface area (Å²) in [6, 6.07) is 5.78. The first kappa shape index (κ1) is 14.4. The predicted octanol–water partition coefficient (Wildman–Crippen LogP) is 2.95. The first-order valence-electron chi connectivity index (χ1n) is 8.00. The van der Waals surface area contributed by atoms with Crippen molar-refractivity contribution in [3.8, 4) is 5.75 Å². The van der Waals surface area contributed by atoms with Crippen LogP contribution >= 0.6 is 0 Å². The van der Waals surface area contributed by atoms with Gasteiger partial charge in [0, 0.05) is 6.04 Å². The van der Waals surface area contributed by atoms with Crippen LogP contribution in [-0.4, -0.2) is 23.1 Å². The topological polar surface area (TPSA) is 61.4 Å². The SMILES string of the molecule is Cc1cccc(NC(=O)C2CCC3CCCCC3N2)c1O. The maximum atomic E-state index is 12.4. The molecule has 1 aromatic carbocycles. The Bertz CT molecular complexity index is 530. The van der Waals surface area contributed by atoms with Crippen molar-refractivity contribution in [1.29, 1.82) is 0 Å². The number of carbonyl (C=O) groups is 1. The van der Waals surface area contributed by atoms with Crippen molar-refractivity contribution in [3.63, 3.8) is 0 Å². The number of phenols is 1. The number of para-hydroxylation sites is 1. The molecule has 0 bridgehead atoms. The molecule has 21 heavy (non-hydrogen) atoms. The van der Waals surface area contributed by atoms with Crippen molar-refractivity contribution in [1.82, 2.24) is 5.32 Å². The lowest BCUT2D eigenvalue weighted by atomic mass is 9.77. The van der Waals surface area contributed by atoms with E-state index in [0.29, 0.717) is 11.7 Å². The largest absolute Gasteiger partial charge is 0.505 e. The maximum absolute atomic E-state index is 12.4. The number of aryl methyl sites for hydroxylation is 1. The number of piperidine rings is 1. The molecule has 0 radical (unpaired) electrons. The number of amides is 1. The molecule has 1 amide bonds. The number of anilines is 1. The first-order valence-corrected chi connectivity index (χ1v) is 8.00. The molecule has 1 aromatic rings. The number of rotatable bonds is 2. The Morgan fingerprint density at radius 1 is 1.24 bits per heavy atom. The third-order valence-electron chi connectivity index (χ3n) is 4.96. The summed E-state index contributed by atoms with van der Waals surface area (Å²) in [7, 11) is 0. The highest BCUT2D eigenvalue weighted by Crippen LogP contribution is 2.33. The zero-order valence-corrected chi connectivity index (χ0v) is 12.6. The molecule has 3 N–H and O–H groups in total. The number of benzene rings is 1. The second-order valence-corrected chi connectivity index (χ2v) is 6.41. The van der Waals surface area contributed by atoms with Gasteiger partial charge in [-0.05, 0) is 50.2 Å². The smallest absolute Gasteiger partial charge is 0.241 e. The Labute approximate surface area is 125 Å². The van der Waals surface area contributed by atoms with Crippen LogP contribution in [0.5, 0.6) is 5.75 Å². The van der Waals surface area contributed by atoms with E-state index in [0.717, 1.165) is 24.3 Å². The van der Waals surface area contributed by atoms with Gasteiger partial charge in [0.1, 0.15) is 5.75 Å². The molecule has 0 spiro atoms. The predicted molar refractivity (Wildman–Crippen MR) is 83.4 cm³/mol. The Kier molecular flexibility index (Phi) is 4.15. The molecule has 114 valence electrons. The first-order chi connectivity index (χ1) is 10.1. The van der Waals surface area contributed by atoms with Crippen molar-refractivity contribution in [2.75, 3.05) is 5.32 Å². The van der Waals surface area contributed by atoms with E-state index < -0.39 is 0 Å². The van der Waals surface area contributed by atoms with Gasteiger partial charge in [0.25, 0.3) is 0 Å². The van der Waals surface area contributed by atoms with E-state index in [-0.39, 0.29) is 17.7 Å². The maximum Gasteiger partial charge on any atom is 0.241 e. The van der Waals surface area contributed by atoms with Crippen LogP contribution in [0.3, 0.4) is 0 Å². The molecule has 3 rings (SSSR count). The van der Waals surface area contributed by atoms with Crippen molar-refractivity contribution in [2.45, 2.75) is 57.5 Å². The van der Waals surface area contributed by atoms with Crippen LogP contribution in [0.4, 0.5) is 5.69 Å². The lowest BCUT2D eigenvalue weighted by Gasteiger charge is -2.39. The van der Waals surface area contributed by atoms with Crippen molar-refractivity contribution < 1.29 is 9.90 Å². The average molecular weight is 288 g/mol. The third-order valence-corrected chi connectivity index (χ3v) is 4.96. The van der Waals surface area contributed by atoms with Gasteiger partial charge in [-0.25, -0.2) is 0 Å². The molecule has 1 aliphatic carbocycles. The normalized spacial score (nSPS) is 28.7. The van der Waals surface area contributed by atoms with Gasteiger partial charge in [-0.2, -0.15) is 0 Å². The number of phenolic OH excluding ortho intramolecular Hbond substituents is 1.